The summed E-state index contributed by atoms with van der Waals surface area (Å²) < 4.78 is 0. The van der Waals surface area contributed by atoms with Crippen LogP contribution in [-0.4, -0.2) is 23.7 Å². The van der Waals surface area contributed by atoms with Crippen LogP contribution in [0.25, 0.3) is 0 Å². The van der Waals surface area contributed by atoms with Crippen molar-refractivity contribution >= 4 is 5.91 Å². The Balaban J connectivity index is 3.46. The average Bonchev–Trinajstić information content (AvgIpc) is 1.98. The maximum atomic E-state index is 11.2. The van der Waals surface area contributed by atoms with Gasteiger partial charge in [-0.15, -0.1) is 0 Å². The van der Waals surface area contributed by atoms with Gasteiger partial charge in [-0.3, -0.25) is 4.79 Å². The van der Waals surface area contributed by atoms with E-state index in [0.29, 0.717) is 12.8 Å². The molecule has 0 aromatic heterocycles. The number of aliphatic hydroxyl groups excluding tert-OH is 1. The fourth-order valence-corrected chi connectivity index (χ4v) is 1.01. The molecule has 0 saturated carbocycles. The van der Waals surface area contributed by atoms with Crippen LogP contribution >= 0.6 is 0 Å². The van der Waals surface area contributed by atoms with Gasteiger partial charge in [-0.05, 0) is 25.2 Å². The molecule has 2 N–H and O–H groups in total. The van der Waals surface area contributed by atoms with E-state index in [9.17, 15) is 4.79 Å². The van der Waals surface area contributed by atoms with E-state index in [0.717, 1.165) is 13.0 Å². The summed E-state index contributed by atoms with van der Waals surface area (Å²) in [7, 11) is 0. The summed E-state index contributed by atoms with van der Waals surface area (Å²) in [5, 5.41) is 11.8. The molecule has 0 aliphatic rings. The van der Waals surface area contributed by atoms with Gasteiger partial charge >= 0.3 is 0 Å². The summed E-state index contributed by atoms with van der Waals surface area (Å²) >= 11 is 0. The third-order valence-corrected chi connectivity index (χ3v) is 1.99. The van der Waals surface area contributed by atoms with E-state index in [1.54, 1.807) is 6.92 Å². The second-order valence-electron chi connectivity index (χ2n) is 5.05. The molecule has 14 heavy (non-hydrogen) atoms. The van der Waals surface area contributed by atoms with Crippen LogP contribution in [0.1, 0.15) is 47.0 Å². The van der Waals surface area contributed by atoms with Crippen LogP contribution in [-0.2, 0) is 4.79 Å². The highest BCUT2D eigenvalue weighted by Crippen LogP contribution is 2.16. The van der Waals surface area contributed by atoms with Crippen molar-refractivity contribution in [1.82, 2.24) is 5.32 Å². The third kappa shape index (κ3) is 9.52. The van der Waals surface area contributed by atoms with Crippen molar-refractivity contribution in [3.63, 3.8) is 0 Å². The SMILES string of the molecule is CC(O)CCC(=O)NCCC(C)(C)C. The van der Waals surface area contributed by atoms with Gasteiger partial charge in [-0.25, -0.2) is 0 Å². The largest absolute Gasteiger partial charge is 0.393 e. The fourth-order valence-electron chi connectivity index (χ4n) is 1.01. The number of carbonyl (C=O) groups is 1. The van der Waals surface area contributed by atoms with Gasteiger partial charge < -0.3 is 10.4 Å². The molecule has 1 amide bonds. The molecule has 0 radical (unpaired) electrons. The van der Waals surface area contributed by atoms with E-state index in [2.05, 4.69) is 26.1 Å². The number of amides is 1. The molecule has 0 aliphatic carbocycles. The van der Waals surface area contributed by atoms with Crippen molar-refractivity contribution in [2.45, 2.75) is 53.1 Å². The van der Waals surface area contributed by atoms with Crippen molar-refractivity contribution in [1.29, 1.82) is 0 Å². The minimum Gasteiger partial charge on any atom is -0.393 e. The molecule has 0 saturated heterocycles. The molecule has 0 spiro atoms. The summed E-state index contributed by atoms with van der Waals surface area (Å²) in [5.41, 5.74) is 0.261. The Morgan fingerprint density at radius 1 is 1.43 bits per heavy atom. The molecule has 0 bridgehead atoms. The molecule has 0 rings (SSSR count). The van der Waals surface area contributed by atoms with E-state index < -0.39 is 0 Å². The lowest BCUT2D eigenvalue weighted by molar-refractivity contribution is -0.121. The van der Waals surface area contributed by atoms with Gasteiger partial charge in [-0.1, -0.05) is 20.8 Å². The van der Waals surface area contributed by atoms with Crippen molar-refractivity contribution in [2.24, 2.45) is 5.41 Å². The monoisotopic (exact) mass is 201 g/mol. The van der Waals surface area contributed by atoms with Crippen LogP contribution in [0.2, 0.25) is 0 Å². The lowest BCUT2D eigenvalue weighted by Gasteiger charge is -2.18. The van der Waals surface area contributed by atoms with Gasteiger partial charge in [0.05, 0.1) is 6.10 Å². The van der Waals surface area contributed by atoms with E-state index in [1.165, 1.54) is 0 Å². The summed E-state index contributed by atoms with van der Waals surface area (Å²) in [6.07, 6.45) is 1.56. The first-order valence-electron chi connectivity index (χ1n) is 5.26. The van der Waals surface area contributed by atoms with E-state index in [1.807, 2.05) is 0 Å². The number of hydrogen-bond acceptors (Lipinski definition) is 2. The van der Waals surface area contributed by atoms with Crippen molar-refractivity contribution in [3.05, 3.63) is 0 Å². The van der Waals surface area contributed by atoms with Crippen LogP contribution < -0.4 is 5.32 Å². The minimum absolute atomic E-state index is 0.0372. The van der Waals surface area contributed by atoms with Crippen LogP contribution in [0.15, 0.2) is 0 Å². The van der Waals surface area contributed by atoms with Crippen LogP contribution in [0, 0.1) is 5.41 Å². The second kappa shape index (κ2) is 6.02. The molecule has 0 aliphatic heterocycles. The molecule has 84 valence electrons. The highest BCUT2D eigenvalue weighted by molar-refractivity contribution is 5.75. The highest BCUT2D eigenvalue weighted by Gasteiger charge is 2.10. The maximum Gasteiger partial charge on any atom is 0.220 e. The van der Waals surface area contributed by atoms with Gasteiger partial charge in [0.1, 0.15) is 0 Å². The normalized spacial score (nSPS) is 13.8. The molecule has 1 atom stereocenters. The average molecular weight is 201 g/mol. The predicted octanol–water partition coefficient (Wildman–Crippen LogP) is 1.70. The summed E-state index contributed by atoms with van der Waals surface area (Å²) in [6.45, 7) is 8.86. The Hall–Kier alpha value is -0.570. The molecule has 1 unspecified atom stereocenters. The first-order chi connectivity index (χ1) is 6.31. The lowest BCUT2D eigenvalue weighted by atomic mass is 9.92. The lowest BCUT2D eigenvalue weighted by Crippen LogP contribution is -2.27. The Labute approximate surface area is 86.9 Å². The first kappa shape index (κ1) is 13.4. The van der Waals surface area contributed by atoms with E-state index in [-0.39, 0.29) is 17.4 Å². The standard InChI is InChI=1S/C11H23NO2/c1-9(13)5-6-10(14)12-8-7-11(2,3)4/h9,13H,5-8H2,1-4H3,(H,12,14). The fraction of sp³-hybridized carbons (Fsp3) is 0.909. The molecular weight excluding hydrogens is 178 g/mol. The zero-order chi connectivity index (χ0) is 11.2. The molecule has 0 fully saturated rings. The van der Waals surface area contributed by atoms with Gasteiger partial charge in [-0.2, -0.15) is 0 Å². The topological polar surface area (TPSA) is 49.3 Å². The van der Waals surface area contributed by atoms with E-state index >= 15 is 0 Å². The van der Waals surface area contributed by atoms with Crippen molar-refractivity contribution in [3.8, 4) is 0 Å². The number of rotatable bonds is 5. The number of carbonyl (C=O) groups excluding carboxylic acids is 1. The van der Waals surface area contributed by atoms with Gasteiger partial charge in [0.15, 0.2) is 0 Å². The van der Waals surface area contributed by atoms with E-state index in [4.69, 9.17) is 5.11 Å². The number of hydrogen-bond donors (Lipinski definition) is 2. The van der Waals surface area contributed by atoms with Gasteiger partial charge in [0.2, 0.25) is 5.91 Å². The molecule has 0 aromatic rings. The van der Waals surface area contributed by atoms with Crippen LogP contribution in [0.3, 0.4) is 0 Å². The Morgan fingerprint density at radius 3 is 2.43 bits per heavy atom. The zero-order valence-electron chi connectivity index (χ0n) is 9.76. The van der Waals surface area contributed by atoms with Crippen LogP contribution in [0.4, 0.5) is 0 Å². The molecule has 0 aromatic carbocycles. The third-order valence-electron chi connectivity index (χ3n) is 1.99. The summed E-state index contributed by atoms with van der Waals surface area (Å²) in [6, 6.07) is 0. The number of nitrogens with one attached hydrogen (secondary N) is 1. The predicted molar refractivity (Wildman–Crippen MR) is 58.0 cm³/mol. The van der Waals surface area contributed by atoms with Crippen molar-refractivity contribution in [2.75, 3.05) is 6.54 Å². The number of aliphatic hydroxyl groups is 1. The maximum absolute atomic E-state index is 11.2. The molecule has 0 heterocycles. The summed E-state index contributed by atoms with van der Waals surface area (Å²) in [4.78, 5) is 11.2. The molecular formula is C11H23NO2. The Kier molecular flexibility index (Phi) is 5.77. The second-order valence-corrected chi connectivity index (χ2v) is 5.05. The van der Waals surface area contributed by atoms with Crippen LogP contribution in [0.5, 0.6) is 0 Å². The molecule has 3 nitrogen and oxygen atoms in total. The quantitative estimate of drug-likeness (QED) is 0.711. The molecule has 3 heteroatoms. The van der Waals surface area contributed by atoms with Gasteiger partial charge in [0.25, 0.3) is 0 Å². The Morgan fingerprint density at radius 2 is 2.00 bits per heavy atom. The highest BCUT2D eigenvalue weighted by atomic mass is 16.3. The van der Waals surface area contributed by atoms with Crippen molar-refractivity contribution < 1.29 is 9.90 Å². The zero-order valence-corrected chi connectivity index (χ0v) is 9.76. The Bertz CT molecular complexity index is 171. The first-order valence-corrected chi connectivity index (χ1v) is 5.26. The minimum atomic E-state index is -0.386. The van der Waals surface area contributed by atoms with Gasteiger partial charge in [0, 0.05) is 13.0 Å². The smallest absolute Gasteiger partial charge is 0.220 e. The summed E-state index contributed by atoms with van der Waals surface area (Å²) in [5.74, 6) is 0.0372.